The molecule has 1 N–H and O–H groups in total. The molecule has 0 aromatic carbocycles. The van der Waals surface area contributed by atoms with Crippen LogP contribution < -0.4 is 0 Å². The highest BCUT2D eigenvalue weighted by molar-refractivity contribution is 5.03. The minimum Gasteiger partial charge on any atom is -0.395 e. The predicted octanol–water partition coefficient (Wildman–Crippen LogP) is 2.29. The molecule has 0 aromatic heterocycles. The second-order valence-electron chi connectivity index (χ2n) is 5.74. The van der Waals surface area contributed by atoms with Crippen LogP contribution in [-0.4, -0.2) is 60.8 Å². The molecule has 0 saturated carbocycles. The quantitative estimate of drug-likeness (QED) is 0.716. The molecule has 0 aromatic rings. The molecule has 110 valence electrons. The van der Waals surface area contributed by atoms with Crippen LogP contribution in [0.4, 0.5) is 0 Å². The van der Waals surface area contributed by atoms with Crippen molar-refractivity contribution in [1.29, 1.82) is 0 Å². The largest absolute Gasteiger partial charge is 0.395 e. The van der Waals surface area contributed by atoms with Gasteiger partial charge in [-0.05, 0) is 33.6 Å². The summed E-state index contributed by atoms with van der Waals surface area (Å²) in [6, 6.07) is 0. The van der Waals surface area contributed by atoms with Gasteiger partial charge >= 0.3 is 0 Å². The van der Waals surface area contributed by atoms with E-state index in [9.17, 15) is 0 Å². The Bertz CT molecular complexity index is 298. The van der Waals surface area contributed by atoms with Gasteiger partial charge in [0, 0.05) is 39.3 Å². The normalized spacial score (nSPS) is 18.6. The Kier molecular flexibility index (Phi) is 8.03. The highest BCUT2D eigenvalue weighted by atomic mass is 16.3. The number of rotatable bonds is 7. The Labute approximate surface area is 118 Å². The second kappa shape index (κ2) is 9.29. The van der Waals surface area contributed by atoms with Crippen molar-refractivity contribution < 1.29 is 5.11 Å². The maximum atomic E-state index is 8.91. The van der Waals surface area contributed by atoms with Crippen molar-refractivity contribution in [3.05, 3.63) is 23.3 Å². The Morgan fingerprint density at radius 2 is 1.63 bits per heavy atom. The first-order chi connectivity index (χ1) is 9.11. The lowest BCUT2D eigenvalue weighted by molar-refractivity contribution is 0.120. The maximum Gasteiger partial charge on any atom is 0.0558 e. The Morgan fingerprint density at radius 1 is 1.00 bits per heavy atom. The fraction of sp³-hybridized carbons (Fsp3) is 0.750. The number of piperazine rings is 1. The van der Waals surface area contributed by atoms with Crippen LogP contribution in [0.2, 0.25) is 0 Å². The first-order valence-corrected chi connectivity index (χ1v) is 7.46. The third kappa shape index (κ3) is 7.51. The monoisotopic (exact) mass is 266 g/mol. The van der Waals surface area contributed by atoms with Crippen molar-refractivity contribution >= 4 is 0 Å². The van der Waals surface area contributed by atoms with Gasteiger partial charge in [0.2, 0.25) is 0 Å². The van der Waals surface area contributed by atoms with E-state index in [1.165, 1.54) is 17.6 Å². The van der Waals surface area contributed by atoms with E-state index in [-0.39, 0.29) is 6.61 Å². The third-order valence-corrected chi connectivity index (χ3v) is 3.67. The molecule has 0 radical (unpaired) electrons. The molecule has 0 bridgehead atoms. The molecule has 0 aliphatic carbocycles. The Morgan fingerprint density at radius 3 is 2.21 bits per heavy atom. The summed E-state index contributed by atoms with van der Waals surface area (Å²) in [5, 5.41) is 8.91. The summed E-state index contributed by atoms with van der Waals surface area (Å²) in [6.07, 6.45) is 7.02. The fourth-order valence-corrected chi connectivity index (χ4v) is 2.31. The van der Waals surface area contributed by atoms with Crippen LogP contribution in [0.25, 0.3) is 0 Å². The van der Waals surface area contributed by atoms with Crippen molar-refractivity contribution in [3.63, 3.8) is 0 Å². The van der Waals surface area contributed by atoms with Crippen LogP contribution in [0.1, 0.15) is 33.6 Å². The van der Waals surface area contributed by atoms with Gasteiger partial charge in [-0.1, -0.05) is 23.3 Å². The highest BCUT2D eigenvalue weighted by Crippen LogP contribution is 2.08. The fourth-order valence-electron chi connectivity index (χ4n) is 2.31. The first kappa shape index (κ1) is 16.4. The van der Waals surface area contributed by atoms with Crippen molar-refractivity contribution in [1.82, 2.24) is 9.80 Å². The van der Waals surface area contributed by atoms with Gasteiger partial charge in [0.15, 0.2) is 0 Å². The summed E-state index contributed by atoms with van der Waals surface area (Å²) >= 11 is 0. The van der Waals surface area contributed by atoms with Gasteiger partial charge in [-0.15, -0.1) is 0 Å². The van der Waals surface area contributed by atoms with E-state index in [2.05, 4.69) is 42.7 Å². The Hall–Kier alpha value is -0.640. The number of aliphatic hydroxyl groups is 1. The van der Waals surface area contributed by atoms with Crippen LogP contribution in [0.3, 0.4) is 0 Å². The molecule has 0 unspecified atom stereocenters. The molecule has 3 nitrogen and oxygen atoms in total. The predicted molar refractivity (Wildman–Crippen MR) is 82.4 cm³/mol. The summed E-state index contributed by atoms with van der Waals surface area (Å²) < 4.78 is 0. The van der Waals surface area contributed by atoms with Crippen LogP contribution >= 0.6 is 0 Å². The summed E-state index contributed by atoms with van der Waals surface area (Å²) in [5.41, 5.74) is 2.91. The van der Waals surface area contributed by atoms with Gasteiger partial charge in [0.05, 0.1) is 6.61 Å². The van der Waals surface area contributed by atoms with Crippen LogP contribution in [0.5, 0.6) is 0 Å². The van der Waals surface area contributed by atoms with Gasteiger partial charge in [-0.3, -0.25) is 9.80 Å². The van der Waals surface area contributed by atoms with Crippen LogP contribution in [0, 0.1) is 0 Å². The number of allylic oxidation sites excluding steroid dienone is 3. The molecular weight excluding hydrogens is 236 g/mol. The number of nitrogens with zero attached hydrogens (tertiary/aromatic N) is 2. The van der Waals surface area contributed by atoms with E-state index in [1.807, 2.05) is 0 Å². The lowest BCUT2D eigenvalue weighted by Gasteiger charge is -2.33. The lowest BCUT2D eigenvalue weighted by Crippen LogP contribution is -2.47. The van der Waals surface area contributed by atoms with Crippen molar-refractivity contribution in [3.8, 4) is 0 Å². The minimum absolute atomic E-state index is 0.281. The zero-order valence-corrected chi connectivity index (χ0v) is 12.9. The molecule has 1 saturated heterocycles. The topological polar surface area (TPSA) is 26.7 Å². The first-order valence-electron chi connectivity index (χ1n) is 7.46. The van der Waals surface area contributed by atoms with E-state index < -0.39 is 0 Å². The highest BCUT2D eigenvalue weighted by Gasteiger charge is 2.14. The molecular formula is C16H30N2O. The van der Waals surface area contributed by atoms with Crippen molar-refractivity contribution in [2.75, 3.05) is 45.9 Å². The van der Waals surface area contributed by atoms with E-state index in [0.29, 0.717) is 0 Å². The summed E-state index contributed by atoms with van der Waals surface area (Å²) in [6.45, 7) is 13.2. The van der Waals surface area contributed by atoms with Crippen molar-refractivity contribution in [2.24, 2.45) is 0 Å². The third-order valence-electron chi connectivity index (χ3n) is 3.67. The Balaban J connectivity index is 2.19. The molecule has 0 amide bonds. The zero-order valence-electron chi connectivity index (χ0n) is 12.9. The van der Waals surface area contributed by atoms with Gasteiger partial charge < -0.3 is 5.11 Å². The second-order valence-corrected chi connectivity index (χ2v) is 5.74. The minimum atomic E-state index is 0.281. The van der Waals surface area contributed by atoms with Gasteiger partial charge in [0.1, 0.15) is 0 Å². The number of aliphatic hydroxyl groups excluding tert-OH is 1. The number of β-amino-alcohol motifs (C(OH)–C–C–N with tert-alkyl or cyclic N) is 1. The van der Waals surface area contributed by atoms with Crippen LogP contribution in [0.15, 0.2) is 23.3 Å². The van der Waals surface area contributed by atoms with Gasteiger partial charge in [0.25, 0.3) is 0 Å². The molecule has 1 heterocycles. The number of hydrogen-bond donors (Lipinski definition) is 1. The van der Waals surface area contributed by atoms with E-state index >= 15 is 0 Å². The lowest BCUT2D eigenvalue weighted by atomic mass is 10.1. The molecule has 0 atom stereocenters. The molecule has 3 heteroatoms. The van der Waals surface area contributed by atoms with Crippen molar-refractivity contribution in [2.45, 2.75) is 33.6 Å². The summed E-state index contributed by atoms with van der Waals surface area (Å²) in [4.78, 5) is 4.83. The standard InChI is InChI=1S/C16H30N2O/c1-15(2)5-4-6-16(3)7-8-17-9-11-18(12-10-17)13-14-19/h5,7,19H,4,6,8-14H2,1-3H3. The van der Waals surface area contributed by atoms with E-state index in [1.54, 1.807) is 0 Å². The SMILES string of the molecule is CC(C)=CCCC(C)=CCN1CCN(CCO)CC1. The maximum absolute atomic E-state index is 8.91. The molecule has 0 spiro atoms. The molecule has 1 rings (SSSR count). The molecule has 1 aliphatic heterocycles. The molecule has 19 heavy (non-hydrogen) atoms. The van der Waals surface area contributed by atoms with E-state index in [4.69, 9.17) is 5.11 Å². The smallest absolute Gasteiger partial charge is 0.0558 e. The van der Waals surface area contributed by atoms with Crippen LogP contribution in [-0.2, 0) is 0 Å². The molecule has 1 fully saturated rings. The molecule has 1 aliphatic rings. The van der Waals surface area contributed by atoms with Gasteiger partial charge in [-0.2, -0.15) is 0 Å². The zero-order chi connectivity index (χ0) is 14.1. The number of hydrogen-bond acceptors (Lipinski definition) is 3. The summed E-state index contributed by atoms with van der Waals surface area (Å²) in [7, 11) is 0. The average Bonchev–Trinajstić information content (AvgIpc) is 2.38. The van der Waals surface area contributed by atoms with E-state index in [0.717, 1.165) is 45.7 Å². The van der Waals surface area contributed by atoms with Gasteiger partial charge in [-0.25, -0.2) is 0 Å². The average molecular weight is 266 g/mol. The summed E-state index contributed by atoms with van der Waals surface area (Å²) in [5.74, 6) is 0.